The van der Waals surface area contributed by atoms with Crippen LogP contribution in [0, 0.1) is 0 Å². The molecule has 1 fully saturated rings. The van der Waals surface area contributed by atoms with Crippen LogP contribution in [0.25, 0.3) is 10.8 Å². The number of amides is 3. The van der Waals surface area contributed by atoms with E-state index in [2.05, 4.69) is 11.4 Å². The zero-order valence-electron chi connectivity index (χ0n) is 23.7. The van der Waals surface area contributed by atoms with Crippen molar-refractivity contribution in [1.29, 1.82) is 0 Å². The van der Waals surface area contributed by atoms with Crippen LogP contribution < -0.4 is 11.1 Å². The van der Waals surface area contributed by atoms with Crippen LogP contribution in [-0.4, -0.2) is 65.3 Å². The van der Waals surface area contributed by atoms with E-state index in [4.69, 9.17) is 5.73 Å². The summed E-state index contributed by atoms with van der Waals surface area (Å²) in [5.41, 5.74) is 7.56. The van der Waals surface area contributed by atoms with Gasteiger partial charge in [-0.1, -0.05) is 78.9 Å². The van der Waals surface area contributed by atoms with E-state index < -0.39 is 17.6 Å². The zero-order chi connectivity index (χ0) is 28.7. The van der Waals surface area contributed by atoms with Gasteiger partial charge in [0.15, 0.2) is 0 Å². The highest BCUT2D eigenvalue weighted by Crippen LogP contribution is 2.21. The Morgan fingerprint density at radius 1 is 1.05 bits per heavy atom. The fourth-order valence-corrected chi connectivity index (χ4v) is 5.09. The Kier molecular flexibility index (Phi) is 9.38. The van der Waals surface area contributed by atoms with Crippen molar-refractivity contribution in [2.24, 2.45) is 5.73 Å². The third kappa shape index (κ3) is 7.57. The van der Waals surface area contributed by atoms with Crippen LogP contribution in [0.5, 0.6) is 0 Å². The molecule has 0 radical (unpaired) electrons. The average molecular weight is 541 g/mol. The molecule has 3 aromatic carbocycles. The molecule has 210 valence electrons. The van der Waals surface area contributed by atoms with Gasteiger partial charge < -0.3 is 20.9 Å². The van der Waals surface area contributed by atoms with E-state index in [1.807, 2.05) is 80.6 Å². The predicted molar refractivity (Wildman–Crippen MR) is 160 cm³/mol. The number of benzene rings is 3. The molecule has 7 heteroatoms. The van der Waals surface area contributed by atoms with Gasteiger partial charge in [-0.25, -0.2) is 0 Å². The van der Waals surface area contributed by atoms with E-state index >= 15 is 0 Å². The Bertz CT molecular complexity index is 1360. The third-order valence-electron chi connectivity index (χ3n) is 7.36. The fraction of sp³-hybridized carbons (Fsp3) is 0.364. The quantitative estimate of drug-likeness (QED) is 0.403. The summed E-state index contributed by atoms with van der Waals surface area (Å²) in [6.07, 6.45) is 5.17. The molecular formula is C33H40N4O3. The molecule has 3 aromatic rings. The number of nitrogens with two attached hydrogens (primary N) is 1. The molecule has 0 aliphatic carbocycles. The van der Waals surface area contributed by atoms with Crippen LogP contribution in [0.15, 0.2) is 84.9 Å². The molecule has 0 spiro atoms. The molecule has 4 rings (SSSR count). The summed E-state index contributed by atoms with van der Waals surface area (Å²) >= 11 is 0. The van der Waals surface area contributed by atoms with Gasteiger partial charge in [0.2, 0.25) is 17.7 Å². The summed E-state index contributed by atoms with van der Waals surface area (Å²) in [5.74, 6) is -0.671. The van der Waals surface area contributed by atoms with Gasteiger partial charge in [-0.15, -0.1) is 0 Å². The molecule has 40 heavy (non-hydrogen) atoms. The summed E-state index contributed by atoms with van der Waals surface area (Å²) in [5, 5.41) is 5.15. The molecule has 3 N–H and O–H groups in total. The molecule has 0 aromatic heterocycles. The van der Waals surface area contributed by atoms with Crippen molar-refractivity contribution in [3.05, 3.63) is 96.1 Å². The first-order valence-corrected chi connectivity index (χ1v) is 13.9. The Morgan fingerprint density at radius 3 is 2.48 bits per heavy atom. The van der Waals surface area contributed by atoms with Crippen LogP contribution in [-0.2, 0) is 27.2 Å². The van der Waals surface area contributed by atoms with E-state index in [1.54, 1.807) is 18.0 Å². The maximum absolute atomic E-state index is 14.4. The topological polar surface area (TPSA) is 95.7 Å². The monoisotopic (exact) mass is 540 g/mol. The van der Waals surface area contributed by atoms with Gasteiger partial charge in [-0.2, -0.15) is 0 Å². The summed E-state index contributed by atoms with van der Waals surface area (Å²) in [7, 11) is 1.66. The Balaban J connectivity index is 1.66. The molecule has 2 atom stereocenters. The lowest BCUT2D eigenvalue weighted by Gasteiger charge is -2.35. The second-order valence-corrected chi connectivity index (χ2v) is 11.3. The first kappa shape index (κ1) is 29.0. The lowest BCUT2D eigenvalue weighted by Crippen LogP contribution is -2.56. The van der Waals surface area contributed by atoms with E-state index in [0.717, 1.165) is 21.9 Å². The predicted octanol–water partition coefficient (Wildman–Crippen LogP) is 3.85. The van der Waals surface area contributed by atoms with Gasteiger partial charge in [0, 0.05) is 38.5 Å². The van der Waals surface area contributed by atoms with Gasteiger partial charge in [-0.05, 0) is 54.7 Å². The number of nitrogens with zero attached hydrogens (tertiary/aromatic N) is 2. The lowest BCUT2D eigenvalue weighted by atomic mass is 9.98. The number of likely N-dealkylation sites (N-methyl/N-ethyl adjacent to an activating group) is 1. The first-order valence-electron chi connectivity index (χ1n) is 13.9. The maximum Gasteiger partial charge on any atom is 0.246 e. The number of nitrogens with one attached hydrogen (secondary N) is 1. The Morgan fingerprint density at radius 2 is 1.75 bits per heavy atom. The van der Waals surface area contributed by atoms with Gasteiger partial charge in [0.05, 0.1) is 0 Å². The molecular weight excluding hydrogens is 500 g/mol. The minimum absolute atomic E-state index is 0.168. The largest absolute Gasteiger partial charge is 0.354 e. The van der Waals surface area contributed by atoms with Gasteiger partial charge in [-0.3, -0.25) is 14.4 Å². The van der Waals surface area contributed by atoms with Crippen molar-refractivity contribution in [3.8, 4) is 0 Å². The molecule has 0 unspecified atom stereocenters. The number of hydrogen-bond acceptors (Lipinski definition) is 4. The van der Waals surface area contributed by atoms with Crippen LogP contribution in [0.4, 0.5) is 0 Å². The number of carbonyl (C=O) groups excluding carboxylic acids is 3. The van der Waals surface area contributed by atoms with E-state index in [9.17, 15) is 14.4 Å². The highest BCUT2D eigenvalue weighted by atomic mass is 16.2. The number of carbonyl (C=O) groups is 3. The van der Waals surface area contributed by atoms with Gasteiger partial charge in [0.1, 0.15) is 12.1 Å². The van der Waals surface area contributed by atoms with E-state index in [-0.39, 0.29) is 17.7 Å². The second kappa shape index (κ2) is 12.9. The molecule has 1 saturated heterocycles. The summed E-state index contributed by atoms with van der Waals surface area (Å²) in [6.45, 7) is 4.74. The summed E-state index contributed by atoms with van der Waals surface area (Å²) in [4.78, 5) is 44.0. The van der Waals surface area contributed by atoms with Crippen molar-refractivity contribution in [1.82, 2.24) is 15.1 Å². The van der Waals surface area contributed by atoms with Crippen molar-refractivity contribution >= 4 is 28.5 Å². The Labute approximate surface area is 237 Å². The number of hydrogen-bond donors (Lipinski definition) is 2. The smallest absolute Gasteiger partial charge is 0.246 e. The summed E-state index contributed by atoms with van der Waals surface area (Å²) < 4.78 is 0. The number of fused-ring (bicyclic) bond motifs is 1. The Hall–Kier alpha value is -3.97. The second-order valence-electron chi connectivity index (χ2n) is 11.3. The van der Waals surface area contributed by atoms with Crippen LogP contribution in [0.2, 0.25) is 0 Å². The molecule has 1 aliphatic rings. The standard InChI is InChI=1S/C33H40N4O3/c1-33(2,34)18-9-15-30(38)36(3)29(23-25-16-17-26-13-7-8-14-27(26)21-25)32(40)37-20-10-19-35-31(39)28(37)22-24-11-5-4-6-12-24/h4-9,11-17,21,28-29H,10,18-20,22-23,34H2,1-3H3,(H,35,39)/t28-,29-/m1/s1. The van der Waals surface area contributed by atoms with Crippen LogP contribution in [0.3, 0.4) is 0 Å². The highest BCUT2D eigenvalue weighted by Gasteiger charge is 2.37. The minimum atomic E-state index is -0.784. The zero-order valence-corrected chi connectivity index (χ0v) is 23.7. The SMILES string of the molecule is CN(C(=O)C=CCC(C)(C)N)[C@H](Cc1ccc2ccccc2c1)C(=O)N1CCCNC(=O)[C@H]1Cc1ccccc1. The third-order valence-corrected chi connectivity index (χ3v) is 7.36. The molecule has 0 bridgehead atoms. The van der Waals surface area contributed by atoms with Crippen molar-refractivity contribution < 1.29 is 14.4 Å². The summed E-state index contributed by atoms with van der Waals surface area (Å²) in [6, 6.07) is 22.4. The molecule has 1 aliphatic heterocycles. The average Bonchev–Trinajstić information content (AvgIpc) is 3.11. The molecule has 3 amide bonds. The highest BCUT2D eigenvalue weighted by molar-refractivity contribution is 5.95. The van der Waals surface area contributed by atoms with Crippen molar-refractivity contribution in [2.75, 3.05) is 20.1 Å². The molecule has 0 saturated carbocycles. The van der Waals surface area contributed by atoms with E-state index in [1.165, 1.54) is 11.0 Å². The van der Waals surface area contributed by atoms with Crippen LogP contribution >= 0.6 is 0 Å². The van der Waals surface area contributed by atoms with Gasteiger partial charge >= 0.3 is 0 Å². The van der Waals surface area contributed by atoms with Crippen molar-refractivity contribution in [2.45, 2.75) is 57.2 Å². The van der Waals surface area contributed by atoms with Gasteiger partial charge in [0.25, 0.3) is 0 Å². The number of rotatable bonds is 9. The van der Waals surface area contributed by atoms with E-state index in [0.29, 0.717) is 38.8 Å². The fourth-order valence-electron chi connectivity index (χ4n) is 5.09. The van der Waals surface area contributed by atoms with Crippen LogP contribution in [0.1, 0.15) is 37.8 Å². The first-order chi connectivity index (χ1) is 19.1. The maximum atomic E-state index is 14.4. The lowest BCUT2D eigenvalue weighted by molar-refractivity contribution is -0.146. The molecule has 1 heterocycles. The molecule has 7 nitrogen and oxygen atoms in total. The normalized spacial score (nSPS) is 16.9. The minimum Gasteiger partial charge on any atom is -0.354 e. The van der Waals surface area contributed by atoms with Crippen molar-refractivity contribution in [3.63, 3.8) is 0 Å².